The second-order valence-electron chi connectivity index (χ2n) is 6.54. The molecule has 0 unspecified atom stereocenters. The minimum Gasteiger partial charge on any atom is -0.491 e. The van der Waals surface area contributed by atoms with Gasteiger partial charge >= 0.3 is 0 Å². The van der Waals surface area contributed by atoms with Gasteiger partial charge in [-0.3, -0.25) is 14.0 Å². The molecule has 3 aromatic heterocycles. The van der Waals surface area contributed by atoms with Gasteiger partial charge in [-0.1, -0.05) is 0 Å². The number of nitrogens with zero attached hydrogens (tertiary/aromatic N) is 6. The van der Waals surface area contributed by atoms with E-state index in [0.29, 0.717) is 42.2 Å². The van der Waals surface area contributed by atoms with Crippen LogP contribution < -0.4 is 10.3 Å². The smallest absolute Gasteiger partial charge is 0.285 e. The fraction of sp³-hybridized carbons (Fsp3) is 0.300. The van der Waals surface area contributed by atoms with Crippen LogP contribution in [0, 0.1) is 0 Å². The van der Waals surface area contributed by atoms with Crippen molar-refractivity contribution in [2.24, 2.45) is 7.05 Å². The molecule has 150 valence electrons. The average Bonchev–Trinajstić information content (AvgIpc) is 3.36. The first-order valence-corrected chi connectivity index (χ1v) is 9.32. The Balaban J connectivity index is 1.82. The van der Waals surface area contributed by atoms with Gasteiger partial charge in [-0.2, -0.15) is 15.0 Å². The molecule has 0 spiro atoms. The molecule has 4 aromatic rings. The van der Waals surface area contributed by atoms with E-state index in [2.05, 4.69) is 15.3 Å². The normalized spacial score (nSPS) is 11.3. The van der Waals surface area contributed by atoms with E-state index >= 15 is 0 Å². The number of fused-ring (bicyclic) bond motifs is 1. The number of hydrogen-bond donors (Lipinski definition) is 0. The Kier molecular flexibility index (Phi) is 5.13. The van der Waals surface area contributed by atoms with Gasteiger partial charge in [-0.05, 0) is 31.2 Å². The molecule has 29 heavy (non-hydrogen) atoms. The van der Waals surface area contributed by atoms with E-state index in [1.54, 1.807) is 28.8 Å². The number of rotatable bonds is 7. The minimum atomic E-state index is -0.222. The van der Waals surface area contributed by atoms with Crippen LogP contribution in [0.15, 0.2) is 47.7 Å². The van der Waals surface area contributed by atoms with Crippen molar-refractivity contribution in [1.29, 1.82) is 0 Å². The van der Waals surface area contributed by atoms with Crippen LogP contribution in [0.1, 0.15) is 6.92 Å². The lowest BCUT2D eigenvalue weighted by molar-refractivity contribution is 0.146. The SMILES string of the molecule is CCn1nc2c(-c3cnn(C)c3)cn(-c3ccc(OCCOC)cc3)c(=O)c2n1. The fourth-order valence-corrected chi connectivity index (χ4v) is 3.09. The predicted molar refractivity (Wildman–Crippen MR) is 108 cm³/mol. The van der Waals surface area contributed by atoms with Crippen LogP contribution in [0.4, 0.5) is 0 Å². The third-order valence-electron chi connectivity index (χ3n) is 4.56. The molecule has 3 heterocycles. The molecule has 0 aliphatic heterocycles. The van der Waals surface area contributed by atoms with Gasteiger partial charge in [0.25, 0.3) is 5.56 Å². The monoisotopic (exact) mass is 394 g/mol. The molecule has 0 bridgehead atoms. The highest BCUT2D eigenvalue weighted by Crippen LogP contribution is 2.26. The molecule has 9 heteroatoms. The summed E-state index contributed by atoms with van der Waals surface area (Å²) in [6.45, 7) is 3.49. The van der Waals surface area contributed by atoms with Crippen molar-refractivity contribution >= 4 is 11.0 Å². The Bertz CT molecular complexity index is 1190. The van der Waals surface area contributed by atoms with Gasteiger partial charge in [0.1, 0.15) is 17.9 Å². The Morgan fingerprint density at radius 3 is 2.45 bits per heavy atom. The Labute approximate surface area is 167 Å². The highest BCUT2D eigenvalue weighted by Gasteiger charge is 2.17. The highest BCUT2D eigenvalue weighted by molar-refractivity contribution is 5.90. The van der Waals surface area contributed by atoms with Gasteiger partial charge in [-0.25, -0.2) is 0 Å². The maximum atomic E-state index is 13.1. The van der Waals surface area contributed by atoms with Crippen molar-refractivity contribution in [2.75, 3.05) is 20.3 Å². The summed E-state index contributed by atoms with van der Waals surface area (Å²) in [6, 6.07) is 7.34. The topological polar surface area (TPSA) is 89.0 Å². The van der Waals surface area contributed by atoms with Crippen LogP contribution in [-0.2, 0) is 18.3 Å². The first-order chi connectivity index (χ1) is 14.1. The average molecular weight is 394 g/mol. The van der Waals surface area contributed by atoms with Gasteiger partial charge in [0.2, 0.25) is 0 Å². The van der Waals surface area contributed by atoms with Gasteiger partial charge in [0, 0.05) is 43.4 Å². The Morgan fingerprint density at radius 1 is 1.03 bits per heavy atom. The zero-order valence-electron chi connectivity index (χ0n) is 16.6. The molecule has 4 rings (SSSR count). The third-order valence-corrected chi connectivity index (χ3v) is 4.56. The van der Waals surface area contributed by atoms with Crippen molar-refractivity contribution in [3.05, 3.63) is 53.2 Å². The summed E-state index contributed by atoms with van der Waals surface area (Å²) in [5.41, 5.74) is 3.06. The molecule has 9 nitrogen and oxygen atoms in total. The second kappa shape index (κ2) is 7.88. The number of methoxy groups -OCH3 is 1. The van der Waals surface area contributed by atoms with Crippen molar-refractivity contribution in [2.45, 2.75) is 13.5 Å². The summed E-state index contributed by atoms with van der Waals surface area (Å²) in [6.07, 6.45) is 5.43. The molecule has 0 radical (unpaired) electrons. The third kappa shape index (κ3) is 3.64. The van der Waals surface area contributed by atoms with Gasteiger partial charge in [0.15, 0.2) is 5.52 Å². The van der Waals surface area contributed by atoms with E-state index in [9.17, 15) is 4.79 Å². The summed E-state index contributed by atoms with van der Waals surface area (Å²) in [5.74, 6) is 0.712. The first-order valence-electron chi connectivity index (χ1n) is 9.32. The summed E-state index contributed by atoms with van der Waals surface area (Å²) >= 11 is 0. The van der Waals surface area contributed by atoms with E-state index in [-0.39, 0.29) is 5.56 Å². The number of ether oxygens (including phenoxy) is 2. The van der Waals surface area contributed by atoms with Crippen LogP contribution in [0.2, 0.25) is 0 Å². The number of aromatic nitrogens is 6. The molecule has 0 saturated heterocycles. The van der Waals surface area contributed by atoms with Crippen LogP contribution >= 0.6 is 0 Å². The predicted octanol–water partition coefficient (Wildman–Crippen LogP) is 2.03. The molecule has 0 fully saturated rings. The summed E-state index contributed by atoms with van der Waals surface area (Å²) < 4.78 is 13.9. The molecule has 0 N–H and O–H groups in total. The number of benzene rings is 1. The van der Waals surface area contributed by atoms with Crippen LogP contribution in [0.25, 0.3) is 27.8 Å². The van der Waals surface area contributed by atoms with Gasteiger partial charge in [-0.15, -0.1) is 5.10 Å². The lowest BCUT2D eigenvalue weighted by Gasteiger charge is -2.10. The first kappa shape index (κ1) is 18.9. The molecule has 0 aliphatic rings. The van der Waals surface area contributed by atoms with Crippen molar-refractivity contribution in [3.8, 4) is 22.6 Å². The largest absolute Gasteiger partial charge is 0.491 e. The van der Waals surface area contributed by atoms with E-state index < -0.39 is 0 Å². The molecular weight excluding hydrogens is 372 g/mol. The lowest BCUT2D eigenvalue weighted by Crippen LogP contribution is -2.18. The molecule has 1 aromatic carbocycles. The minimum absolute atomic E-state index is 0.222. The van der Waals surface area contributed by atoms with Gasteiger partial charge in [0.05, 0.1) is 19.3 Å². The second-order valence-corrected chi connectivity index (χ2v) is 6.54. The fourth-order valence-electron chi connectivity index (χ4n) is 3.09. The lowest BCUT2D eigenvalue weighted by atomic mass is 10.1. The van der Waals surface area contributed by atoms with Crippen molar-refractivity contribution < 1.29 is 9.47 Å². The molecule has 0 atom stereocenters. The highest BCUT2D eigenvalue weighted by atomic mass is 16.5. The zero-order chi connectivity index (χ0) is 20.4. The Morgan fingerprint density at radius 2 is 1.79 bits per heavy atom. The molecular formula is C20H22N6O3. The molecule has 0 aliphatic carbocycles. The van der Waals surface area contributed by atoms with Crippen molar-refractivity contribution in [3.63, 3.8) is 0 Å². The van der Waals surface area contributed by atoms with Crippen molar-refractivity contribution in [1.82, 2.24) is 29.3 Å². The summed E-state index contributed by atoms with van der Waals surface area (Å²) in [4.78, 5) is 14.7. The Hall–Kier alpha value is -3.46. The summed E-state index contributed by atoms with van der Waals surface area (Å²) in [5, 5.41) is 13.1. The standard InChI is InChI=1S/C20H22N6O3/c1-4-26-22-18-17(14-11-21-24(2)12-14)13-25(20(27)19(18)23-26)15-5-7-16(8-6-15)29-10-9-28-3/h5-8,11-13H,4,9-10H2,1-3H3. The quantitative estimate of drug-likeness (QED) is 0.446. The molecule has 0 saturated carbocycles. The maximum Gasteiger partial charge on any atom is 0.285 e. The van der Waals surface area contributed by atoms with E-state index in [1.807, 2.05) is 44.4 Å². The van der Waals surface area contributed by atoms with Gasteiger partial charge < -0.3 is 9.47 Å². The number of pyridine rings is 1. The zero-order valence-corrected chi connectivity index (χ0v) is 16.6. The van der Waals surface area contributed by atoms with E-state index in [1.165, 1.54) is 4.80 Å². The van der Waals surface area contributed by atoms with Crippen LogP contribution in [0.5, 0.6) is 5.75 Å². The molecule has 0 amide bonds. The number of aryl methyl sites for hydroxylation is 2. The number of hydrogen-bond acceptors (Lipinski definition) is 6. The van der Waals surface area contributed by atoms with E-state index in [4.69, 9.17) is 9.47 Å². The maximum absolute atomic E-state index is 13.1. The van der Waals surface area contributed by atoms with E-state index in [0.717, 1.165) is 11.1 Å². The van der Waals surface area contributed by atoms with Crippen LogP contribution in [0.3, 0.4) is 0 Å². The van der Waals surface area contributed by atoms with Crippen LogP contribution in [-0.4, -0.2) is 49.7 Å². The summed E-state index contributed by atoms with van der Waals surface area (Å²) in [7, 11) is 3.48.